The van der Waals surface area contributed by atoms with E-state index in [1.807, 2.05) is 12.1 Å². The Kier molecular flexibility index (Phi) is 5.31. The lowest BCUT2D eigenvalue weighted by Gasteiger charge is -2.36. The number of anilines is 1. The average Bonchev–Trinajstić information content (AvgIpc) is 3.14. The molecule has 35 heavy (non-hydrogen) atoms. The van der Waals surface area contributed by atoms with Crippen molar-refractivity contribution in [2.75, 3.05) is 31.1 Å². The van der Waals surface area contributed by atoms with E-state index in [4.69, 9.17) is 0 Å². The number of rotatable bonds is 3. The molecule has 0 spiro atoms. The lowest BCUT2D eigenvalue weighted by molar-refractivity contribution is -0.384. The van der Waals surface area contributed by atoms with E-state index in [2.05, 4.69) is 0 Å². The van der Waals surface area contributed by atoms with E-state index in [0.29, 0.717) is 22.8 Å². The fourth-order valence-electron chi connectivity index (χ4n) is 4.61. The molecule has 0 N–H and O–H groups in total. The molecule has 1 aliphatic heterocycles. The standard InChI is InChI=1S/C25H18F3N3O4/c26-25(27,28)16-6-8-21(22(14-16)31(34)35)29-9-11-30(12-10-29)24(33)15-5-7-18-17-3-1-2-4-19(17)23(32)20(18)13-15/h1-8,13-14H,9-12H2. The first-order valence-corrected chi connectivity index (χ1v) is 10.8. The van der Waals surface area contributed by atoms with Gasteiger partial charge in [0.1, 0.15) is 5.69 Å². The lowest BCUT2D eigenvalue weighted by Crippen LogP contribution is -2.49. The zero-order valence-corrected chi connectivity index (χ0v) is 18.2. The molecule has 0 bridgehead atoms. The highest BCUT2D eigenvalue weighted by molar-refractivity contribution is 6.22. The Balaban J connectivity index is 1.33. The Morgan fingerprint density at radius 3 is 2.17 bits per heavy atom. The van der Waals surface area contributed by atoms with Gasteiger partial charge in [-0.2, -0.15) is 13.2 Å². The molecule has 0 aromatic heterocycles. The molecule has 1 amide bonds. The maximum atomic E-state index is 13.1. The van der Waals surface area contributed by atoms with Gasteiger partial charge in [0.25, 0.3) is 11.6 Å². The number of alkyl halides is 3. The van der Waals surface area contributed by atoms with Crippen molar-refractivity contribution < 1.29 is 27.7 Å². The SMILES string of the molecule is O=C1c2ccccc2-c2ccc(C(=O)N3CCN(c4ccc(C(F)(F)F)cc4[N+](=O)[O-])CC3)cc21. The Hall–Kier alpha value is -4.21. The van der Waals surface area contributed by atoms with Crippen molar-refractivity contribution in [3.05, 3.63) is 93.0 Å². The number of carbonyl (C=O) groups excluding carboxylic acids is 2. The second kappa shape index (κ2) is 8.23. The van der Waals surface area contributed by atoms with E-state index in [1.54, 1.807) is 40.1 Å². The van der Waals surface area contributed by atoms with Crippen molar-refractivity contribution in [2.45, 2.75) is 6.18 Å². The van der Waals surface area contributed by atoms with Crippen LogP contribution in [0.2, 0.25) is 0 Å². The summed E-state index contributed by atoms with van der Waals surface area (Å²) in [5.41, 5.74) is 1.40. The first-order valence-electron chi connectivity index (χ1n) is 10.8. The van der Waals surface area contributed by atoms with Crippen molar-refractivity contribution in [1.82, 2.24) is 4.90 Å². The van der Waals surface area contributed by atoms with Crippen molar-refractivity contribution >= 4 is 23.1 Å². The Morgan fingerprint density at radius 2 is 1.51 bits per heavy atom. The average molecular weight is 481 g/mol. The van der Waals surface area contributed by atoms with E-state index in [-0.39, 0.29) is 43.6 Å². The number of nitro groups is 1. The number of halogens is 3. The minimum atomic E-state index is -4.69. The Morgan fingerprint density at radius 1 is 0.857 bits per heavy atom. The van der Waals surface area contributed by atoms with Crippen LogP contribution in [0.25, 0.3) is 11.1 Å². The summed E-state index contributed by atoms with van der Waals surface area (Å²) in [6.45, 7) is 0.880. The molecular formula is C25H18F3N3O4. The Bertz CT molecular complexity index is 1380. The molecule has 0 radical (unpaired) electrons. The van der Waals surface area contributed by atoms with E-state index in [9.17, 15) is 32.9 Å². The third-order valence-electron chi connectivity index (χ3n) is 6.38. The largest absolute Gasteiger partial charge is 0.416 e. The highest BCUT2D eigenvalue weighted by Gasteiger charge is 2.35. The zero-order chi connectivity index (χ0) is 24.9. The van der Waals surface area contributed by atoms with Crippen LogP contribution in [-0.2, 0) is 6.18 Å². The number of carbonyl (C=O) groups is 2. The highest BCUT2D eigenvalue weighted by Crippen LogP contribution is 2.38. The minimum absolute atomic E-state index is 0.0796. The number of piperazine rings is 1. The van der Waals surface area contributed by atoms with Crippen molar-refractivity contribution in [3.8, 4) is 11.1 Å². The number of nitrogens with zero attached hydrogens (tertiary/aromatic N) is 3. The van der Waals surface area contributed by atoms with Crippen LogP contribution in [0.15, 0.2) is 60.7 Å². The molecule has 1 heterocycles. The van der Waals surface area contributed by atoms with Gasteiger partial charge in [-0.05, 0) is 35.4 Å². The van der Waals surface area contributed by atoms with Crippen LogP contribution in [0.1, 0.15) is 31.8 Å². The highest BCUT2D eigenvalue weighted by atomic mass is 19.4. The number of benzene rings is 3. The third-order valence-corrected chi connectivity index (χ3v) is 6.38. The van der Waals surface area contributed by atoms with Crippen LogP contribution in [0.5, 0.6) is 0 Å². The summed E-state index contributed by atoms with van der Waals surface area (Å²) < 4.78 is 39.0. The maximum absolute atomic E-state index is 13.1. The zero-order valence-electron chi connectivity index (χ0n) is 18.2. The van der Waals surface area contributed by atoms with Gasteiger partial charge in [-0.3, -0.25) is 19.7 Å². The van der Waals surface area contributed by atoms with Crippen LogP contribution >= 0.6 is 0 Å². The predicted octanol–water partition coefficient (Wildman–Crippen LogP) is 4.79. The van der Waals surface area contributed by atoms with Crippen LogP contribution in [0.3, 0.4) is 0 Å². The van der Waals surface area contributed by atoms with Gasteiger partial charge in [-0.25, -0.2) is 0 Å². The van der Waals surface area contributed by atoms with Gasteiger partial charge in [0.2, 0.25) is 0 Å². The Labute approximate surface area is 197 Å². The molecule has 2 aliphatic rings. The molecule has 3 aromatic carbocycles. The van der Waals surface area contributed by atoms with Gasteiger partial charge in [0, 0.05) is 48.9 Å². The van der Waals surface area contributed by atoms with Gasteiger partial charge >= 0.3 is 6.18 Å². The summed E-state index contributed by atoms with van der Waals surface area (Å²) in [5.74, 6) is -0.414. The number of fused-ring (bicyclic) bond motifs is 3. The van der Waals surface area contributed by atoms with Crippen LogP contribution in [0.4, 0.5) is 24.5 Å². The molecule has 1 fully saturated rings. The fraction of sp³-hybridized carbons (Fsp3) is 0.200. The monoisotopic (exact) mass is 481 g/mol. The van der Waals surface area contributed by atoms with Crippen LogP contribution in [0, 0.1) is 10.1 Å². The summed E-state index contributed by atoms with van der Waals surface area (Å²) in [6.07, 6.45) is -4.69. The molecule has 5 rings (SSSR count). The molecule has 0 unspecified atom stereocenters. The molecule has 3 aromatic rings. The molecule has 10 heteroatoms. The minimum Gasteiger partial charge on any atom is -0.362 e. The van der Waals surface area contributed by atoms with E-state index in [1.165, 1.54) is 0 Å². The first-order chi connectivity index (χ1) is 16.6. The van der Waals surface area contributed by atoms with Crippen LogP contribution in [-0.4, -0.2) is 47.7 Å². The predicted molar refractivity (Wildman–Crippen MR) is 122 cm³/mol. The normalized spacial score (nSPS) is 15.1. The summed E-state index contributed by atoms with van der Waals surface area (Å²) in [5, 5.41) is 11.4. The van der Waals surface area contributed by atoms with Gasteiger partial charge in [-0.1, -0.05) is 30.3 Å². The number of hydrogen-bond donors (Lipinski definition) is 0. The molecule has 1 saturated heterocycles. The third kappa shape index (κ3) is 3.90. The summed E-state index contributed by atoms with van der Waals surface area (Å²) in [7, 11) is 0. The second-order valence-corrected chi connectivity index (χ2v) is 8.37. The molecule has 0 saturated carbocycles. The van der Waals surface area contributed by atoms with Crippen LogP contribution < -0.4 is 4.90 Å². The lowest BCUT2D eigenvalue weighted by atomic mass is 10.0. The van der Waals surface area contributed by atoms with E-state index in [0.717, 1.165) is 23.3 Å². The van der Waals surface area contributed by atoms with Crippen molar-refractivity contribution in [2.24, 2.45) is 0 Å². The van der Waals surface area contributed by atoms with Crippen molar-refractivity contribution in [1.29, 1.82) is 0 Å². The number of nitro benzene ring substituents is 1. The van der Waals surface area contributed by atoms with E-state index >= 15 is 0 Å². The van der Waals surface area contributed by atoms with Gasteiger partial charge in [0.15, 0.2) is 5.78 Å². The van der Waals surface area contributed by atoms with Gasteiger partial charge in [-0.15, -0.1) is 0 Å². The molecule has 0 atom stereocenters. The fourth-order valence-corrected chi connectivity index (χ4v) is 4.61. The molecule has 1 aliphatic carbocycles. The number of ketones is 1. The second-order valence-electron chi connectivity index (χ2n) is 8.37. The van der Waals surface area contributed by atoms with Gasteiger partial charge in [0.05, 0.1) is 10.5 Å². The quantitative estimate of drug-likeness (QED) is 0.311. The number of amides is 1. The smallest absolute Gasteiger partial charge is 0.362 e. The van der Waals surface area contributed by atoms with Crippen molar-refractivity contribution in [3.63, 3.8) is 0 Å². The molecule has 7 nitrogen and oxygen atoms in total. The molecular weight excluding hydrogens is 463 g/mol. The summed E-state index contributed by atoms with van der Waals surface area (Å²) in [6, 6.07) is 14.7. The number of hydrogen-bond acceptors (Lipinski definition) is 5. The van der Waals surface area contributed by atoms with Gasteiger partial charge < -0.3 is 9.80 Å². The first kappa shape index (κ1) is 22.6. The summed E-state index contributed by atoms with van der Waals surface area (Å²) >= 11 is 0. The summed E-state index contributed by atoms with van der Waals surface area (Å²) in [4.78, 5) is 39.6. The van der Waals surface area contributed by atoms with E-state index < -0.39 is 22.4 Å². The topological polar surface area (TPSA) is 83.8 Å². The molecule has 178 valence electrons. The maximum Gasteiger partial charge on any atom is 0.416 e.